The van der Waals surface area contributed by atoms with Crippen LogP contribution in [0.3, 0.4) is 0 Å². The molecule has 0 spiro atoms. The Balaban J connectivity index is 0.00000625. The zero-order valence-electron chi connectivity index (χ0n) is 17.0. The van der Waals surface area contributed by atoms with E-state index >= 15 is 0 Å². The van der Waals surface area contributed by atoms with Gasteiger partial charge in [-0.3, -0.25) is 4.99 Å². The molecule has 3 N–H and O–H groups in total. The number of rotatable bonds is 11. The zero-order chi connectivity index (χ0) is 18.7. The summed E-state index contributed by atoms with van der Waals surface area (Å²) >= 11 is 1.80. The van der Waals surface area contributed by atoms with Crippen LogP contribution in [0.1, 0.15) is 56.1 Å². The second kappa shape index (κ2) is 14.6. The predicted molar refractivity (Wildman–Crippen MR) is 124 cm³/mol. The summed E-state index contributed by atoms with van der Waals surface area (Å²) < 4.78 is 0. The lowest BCUT2D eigenvalue weighted by molar-refractivity contribution is 0.245. The van der Waals surface area contributed by atoms with E-state index in [-0.39, 0.29) is 30.6 Å². The Bertz CT molecular complexity index is 520. The molecule has 1 heterocycles. The number of aliphatic imine (C=N–C) groups is 1. The summed E-state index contributed by atoms with van der Waals surface area (Å²) in [6.45, 7) is 13.5. The van der Waals surface area contributed by atoms with E-state index < -0.39 is 0 Å². The molecule has 5 nitrogen and oxygen atoms in total. The van der Waals surface area contributed by atoms with Gasteiger partial charge in [-0.05, 0) is 44.9 Å². The second-order valence-electron chi connectivity index (χ2n) is 6.87. The third-order valence-corrected chi connectivity index (χ3v) is 5.17. The molecule has 0 aromatic carbocycles. The number of hydrogen-bond acceptors (Lipinski definition) is 4. The van der Waals surface area contributed by atoms with Crippen molar-refractivity contribution in [3.63, 3.8) is 0 Å². The molecule has 7 heteroatoms. The first kappa shape index (κ1) is 25.6. The first-order valence-electron chi connectivity index (χ1n) is 9.58. The Morgan fingerprint density at radius 2 is 2.00 bits per heavy atom. The third-order valence-electron chi connectivity index (χ3n) is 4.10. The summed E-state index contributed by atoms with van der Waals surface area (Å²) in [6, 6.07) is 0. The van der Waals surface area contributed by atoms with Crippen LogP contribution < -0.4 is 10.6 Å². The summed E-state index contributed by atoms with van der Waals surface area (Å²) in [6.07, 6.45) is 3.84. The fourth-order valence-electron chi connectivity index (χ4n) is 2.91. The van der Waals surface area contributed by atoms with Crippen LogP contribution >= 0.6 is 35.3 Å². The van der Waals surface area contributed by atoms with Crippen molar-refractivity contribution < 1.29 is 5.11 Å². The highest BCUT2D eigenvalue weighted by Crippen LogP contribution is 2.18. The van der Waals surface area contributed by atoms with Gasteiger partial charge in [0.1, 0.15) is 0 Å². The Hall–Kier alpha value is -0.410. The Labute approximate surface area is 180 Å². The molecule has 0 saturated heterocycles. The van der Waals surface area contributed by atoms with Crippen LogP contribution in [0.2, 0.25) is 0 Å². The minimum atomic E-state index is 0. The number of aryl methyl sites for hydroxylation is 2. The van der Waals surface area contributed by atoms with Gasteiger partial charge < -0.3 is 15.7 Å². The molecule has 26 heavy (non-hydrogen) atoms. The van der Waals surface area contributed by atoms with E-state index in [1.54, 1.807) is 11.3 Å². The van der Waals surface area contributed by atoms with Crippen molar-refractivity contribution in [3.8, 4) is 0 Å². The summed E-state index contributed by atoms with van der Waals surface area (Å²) in [5.74, 6) is 1.93. The second-order valence-corrected chi connectivity index (χ2v) is 8.16. The maximum absolute atomic E-state index is 9.24. The van der Waals surface area contributed by atoms with Crippen LogP contribution in [0.5, 0.6) is 0 Å². The van der Waals surface area contributed by atoms with Crippen molar-refractivity contribution in [2.45, 2.75) is 60.3 Å². The van der Waals surface area contributed by atoms with E-state index in [1.807, 2.05) is 0 Å². The van der Waals surface area contributed by atoms with Crippen LogP contribution in [0.25, 0.3) is 0 Å². The number of thiazole rings is 1. The highest BCUT2D eigenvalue weighted by Gasteiger charge is 2.11. The van der Waals surface area contributed by atoms with Gasteiger partial charge in [-0.25, -0.2) is 4.98 Å². The Kier molecular flexibility index (Phi) is 14.4. The van der Waals surface area contributed by atoms with E-state index in [0.29, 0.717) is 11.8 Å². The standard InChI is InChI=1S/C19H36N4OS.HI/c1-6-17-15(5)25-18(23-17)8-10-21-19(20-7-2)22-13-16(9-11-24)12-14(3)4;/h14,16,24H,6-13H2,1-5H3,(H2,20,21,22);1H. The van der Waals surface area contributed by atoms with Gasteiger partial charge in [-0.2, -0.15) is 0 Å². The zero-order valence-corrected chi connectivity index (χ0v) is 20.1. The maximum atomic E-state index is 9.24. The van der Waals surface area contributed by atoms with Crippen molar-refractivity contribution in [3.05, 3.63) is 15.6 Å². The van der Waals surface area contributed by atoms with Crippen LogP contribution in [-0.2, 0) is 12.8 Å². The van der Waals surface area contributed by atoms with Crippen LogP contribution in [-0.4, -0.2) is 42.3 Å². The smallest absolute Gasteiger partial charge is 0.191 e. The molecule has 0 fully saturated rings. The SMILES string of the molecule is CCNC(=NCC(CCO)CC(C)C)NCCc1nc(CC)c(C)s1.I. The van der Waals surface area contributed by atoms with Gasteiger partial charge in [0.25, 0.3) is 0 Å². The lowest BCUT2D eigenvalue weighted by atomic mass is 9.94. The number of aromatic nitrogens is 1. The van der Waals surface area contributed by atoms with Crippen LogP contribution in [0, 0.1) is 18.8 Å². The van der Waals surface area contributed by atoms with Gasteiger partial charge in [0.15, 0.2) is 5.96 Å². The minimum absolute atomic E-state index is 0. The maximum Gasteiger partial charge on any atom is 0.191 e. The quantitative estimate of drug-likeness (QED) is 0.248. The molecule has 0 aliphatic heterocycles. The number of halogens is 1. The van der Waals surface area contributed by atoms with Crippen molar-refractivity contribution in [1.82, 2.24) is 15.6 Å². The molecule has 0 saturated carbocycles. The van der Waals surface area contributed by atoms with E-state index in [9.17, 15) is 5.11 Å². The molecular weight excluding hydrogens is 459 g/mol. The van der Waals surface area contributed by atoms with Crippen LogP contribution in [0.15, 0.2) is 4.99 Å². The van der Waals surface area contributed by atoms with Gasteiger partial charge in [-0.15, -0.1) is 35.3 Å². The average Bonchev–Trinajstić information content (AvgIpc) is 2.92. The third kappa shape index (κ3) is 10.1. The van der Waals surface area contributed by atoms with Gasteiger partial charge in [-0.1, -0.05) is 20.8 Å². The topological polar surface area (TPSA) is 69.5 Å². The molecule has 152 valence electrons. The molecule has 1 rings (SSSR count). The Morgan fingerprint density at radius 1 is 1.27 bits per heavy atom. The fraction of sp³-hybridized carbons (Fsp3) is 0.789. The summed E-state index contributed by atoms with van der Waals surface area (Å²) in [5, 5.41) is 17.2. The minimum Gasteiger partial charge on any atom is -0.396 e. The largest absolute Gasteiger partial charge is 0.396 e. The molecule has 0 aliphatic rings. The van der Waals surface area contributed by atoms with Gasteiger partial charge in [0.05, 0.1) is 10.7 Å². The lowest BCUT2D eigenvalue weighted by Crippen LogP contribution is -2.38. The molecule has 0 aliphatic carbocycles. The average molecular weight is 497 g/mol. The molecule has 1 aromatic rings. The van der Waals surface area contributed by atoms with Gasteiger partial charge >= 0.3 is 0 Å². The van der Waals surface area contributed by atoms with Crippen molar-refractivity contribution in [2.75, 3.05) is 26.2 Å². The molecular formula is C19H37IN4OS. The number of aliphatic hydroxyl groups is 1. The van der Waals surface area contributed by atoms with Gasteiger partial charge in [0, 0.05) is 37.5 Å². The van der Waals surface area contributed by atoms with Crippen LogP contribution in [0.4, 0.5) is 0 Å². The van der Waals surface area contributed by atoms with E-state index in [4.69, 9.17) is 9.98 Å². The lowest BCUT2D eigenvalue weighted by Gasteiger charge is -2.17. The first-order chi connectivity index (χ1) is 12.0. The fourth-order valence-corrected chi connectivity index (χ4v) is 3.93. The predicted octanol–water partition coefficient (Wildman–Crippen LogP) is 3.77. The van der Waals surface area contributed by atoms with Crippen molar-refractivity contribution in [2.24, 2.45) is 16.8 Å². The number of guanidine groups is 1. The number of aliphatic hydroxyl groups excluding tert-OH is 1. The van der Waals surface area contributed by atoms with E-state index in [2.05, 4.69) is 45.3 Å². The molecule has 1 atom stereocenters. The molecule has 0 bridgehead atoms. The highest BCUT2D eigenvalue weighted by atomic mass is 127. The van der Waals surface area contributed by atoms with Gasteiger partial charge in [0.2, 0.25) is 0 Å². The number of nitrogens with one attached hydrogen (secondary N) is 2. The molecule has 0 radical (unpaired) electrons. The summed E-state index contributed by atoms with van der Waals surface area (Å²) in [7, 11) is 0. The Morgan fingerprint density at radius 3 is 2.54 bits per heavy atom. The normalized spacial score (nSPS) is 12.8. The monoisotopic (exact) mass is 496 g/mol. The summed E-state index contributed by atoms with van der Waals surface area (Å²) in [4.78, 5) is 10.7. The number of hydrogen-bond donors (Lipinski definition) is 3. The van der Waals surface area contributed by atoms with E-state index in [1.165, 1.54) is 15.6 Å². The molecule has 0 amide bonds. The van der Waals surface area contributed by atoms with Crippen molar-refractivity contribution >= 4 is 41.3 Å². The number of nitrogens with zero attached hydrogens (tertiary/aromatic N) is 2. The first-order valence-corrected chi connectivity index (χ1v) is 10.4. The van der Waals surface area contributed by atoms with Crippen molar-refractivity contribution in [1.29, 1.82) is 0 Å². The molecule has 1 aromatic heterocycles. The summed E-state index contributed by atoms with van der Waals surface area (Å²) in [5.41, 5.74) is 1.22. The highest BCUT2D eigenvalue weighted by molar-refractivity contribution is 14.0. The van der Waals surface area contributed by atoms with E-state index in [0.717, 1.165) is 51.3 Å². The molecule has 1 unspecified atom stereocenters.